The van der Waals surface area contributed by atoms with Crippen LogP contribution in [0.5, 0.6) is 11.5 Å². The van der Waals surface area contributed by atoms with Crippen LogP contribution >= 0.6 is 0 Å². The van der Waals surface area contributed by atoms with E-state index in [2.05, 4.69) is 15.5 Å². The van der Waals surface area contributed by atoms with Crippen LogP contribution in [0, 0.1) is 0 Å². The van der Waals surface area contributed by atoms with E-state index < -0.39 is 0 Å². The van der Waals surface area contributed by atoms with Gasteiger partial charge in [-0.05, 0) is 48.7 Å². The first-order valence-electron chi connectivity index (χ1n) is 11.7. The normalized spacial score (nSPS) is 12.8. The first kappa shape index (κ1) is 24.3. The van der Waals surface area contributed by atoms with E-state index >= 15 is 0 Å². The number of amides is 2. The fraction of sp³-hybridized carbons (Fsp3) is 0.286. The van der Waals surface area contributed by atoms with Gasteiger partial charge in [-0.2, -0.15) is 0 Å². The van der Waals surface area contributed by atoms with Crippen molar-refractivity contribution in [3.63, 3.8) is 0 Å². The number of nitrogens with one attached hydrogen (secondary N) is 2. The van der Waals surface area contributed by atoms with Gasteiger partial charge in [0.25, 0.3) is 5.91 Å². The highest BCUT2D eigenvalue weighted by molar-refractivity contribution is 6.04. The smallest absolute Gasteiger partial charge is 0.253 e. The molecule has 7 nitrogen and oxygen atoms in total. The monoisotopic (exact) mass is 473 g/mol. The molecular formula is C28H31N3O4. The van der Waals surface area contributed by atoms with Crippen molar-refractivity contribution in [1.82, 2.24) is 10.2 Å². The predicted octanol–water partition coefficient (Wildman–Crippen LogP) is 4.24. The minimum atomic E-state index is -0.232. The lowest BCUT2D eigenvalue weighted by Gasteiger charge is -2.23. The molecular weight excluding hydrogens is 442 g/mol. The number of carbonyl (C=O) groups is 2. The number of rotatable bonds is 11. The number of anilines is 1. The van der Waals surface area contributed by atoms with E-state index in [0.29, 0.717) is 30.4 Å². The summed E-state index contributed by atoms with van der Waals surface area (Å²) in [5.41, 5.74) is 2.91. The summed E-state index contributed by atoms with van der Waals surface area (Å²) >= 11 is 0. The zero-order chi connectivity index (χ0) is 24.6. The van der Waals surface area contributed by atoms with Crippen LogP contribution in [0.3, 0.4) is 0 Å². The molecule has 0 spiro atoms. The Hall–Kier alpha value is -3.84. The van der Waals surface area contributed by atoms with E-state index in [9.17, 15) is 9.59 Å². The molecule has 3 aromatic rings. The molecule has 3 aromatic carbocycles. The summed E-state index contributed by atoms with van der Waals surface area (Å²) in [6.07, 6.45) is 2.11. The van der Waals surface area contributed by atoms with Crippen molar-refractivity contribution in [2.75, 3.05) is 26.1 Å². The molecule has 1 fully saturated rings. The summed E-state index contributed by atoms with van der Waals surface area (Å²) in [6, 6.07) is 22.8. The van der Waals surface area contributed by atoms with Gasteiger partial charge in [-0.3, -0.25) is 14.5 Å². The molecule has 0 aliphatic heterocycles. The molecule has 35 heavy (non-hydrogen) atoms. The molecule has 0 heterocycles. The van der Waals surface area contributed by atoms with Crippen LogP contribution in [-0.4, -0.2) is 43.5 Å². The summed E-state index contributed by atoms with van der Waals surface area (Å²) in [5.74, 6) is 1.11. The third-order valence-electron chi connectivity index (χ3n) is 6.01. The maximum Gasteiger partial charge on any atom is 0.253 e. The van der Waals surface area contributed by atoms with Crippen LogP contribution in [-0.2, 0) is 17.9 Å². The molecule has 0 radical (unpaired) electrons. The number of ether oxygens (including phenoxy) is 2. The van der Waals surface area contributed by atoms with Gasteiger partial charge in [0.1, 0.15) is 11.5 Å². The molecule has 2 amide bonds. The number of nitrogens with zero attached hydrogens (tertiary/aromatic N) is 1. The third kappa shape index (κ3) is 6.61. The fourth-order valence-electron chi connectivity index (χ4n) is 4.02. The van der Waals surface area contributed by atoms with Gasteiger partial charge in [0.05, 0.1) is 32.0 Å². The maximum atomic E-state index is 13.0. The van der Waals surface area contributed by atoms with Crippen molar-refractivity contribution in [1.29, 1.82) is 0 Å². The first-order chi connectivity index (χ1) is 17.1. The average molecular weight is 474 g/mol. The van der Waals surface area contributed by atoms with E-state index in [-0.39, 0.29) is 18.4 Å². The van der Waals surface area contributed by atoms with Crippen LogP contribution in [0.25, 0.3) is 0 Å². The molecule has 1 saturated carbocycles. The SMILES string of the molecule is COc1ccc(OC)c(CN(CC(=O)Nc2ccccc2C(=O)NCc2ccccc2)C2CC2)c1. The van der Waals surface area contributed by atoms with Gasteiger partial charge < -0.3 is 20.1 Å². The summed E-state index contributed by atoms with van der Waals surface area (Å²) < 4.78 is 10.9. The van der Waals surface area contributed by atoms with E-state index in [1.54, 1.807) is 32.4 Å². The number of benzene rings is 3. The van der Waals surface area contributed by atoms with Crippen LogP contribution in [0.4, 0.5) is 5.69 Å². The number of para-hydroxylation sites is 1. The molecule has 0 atom stereocenters. The topological polar surface area (TPSA) is 79.9 Å². The van der Waals surface area contributed by atoms with Crippen molar-refractivity contribution in [3.05, 3.63) is 89.5 Å². The van der Waals surface area contributed by atoms with Gasteiger partial charge in [0.15, 0.2) is 0 Å². The quantitative estimate of drug-likeness (QED) is 0.436. The Morgan fingerprint density at radius 2 is 1.69 bits per heavy atom. The van der Waals surface area contributed by atoms with Crippen molar-refractivity contribution in [2.45, 2.75) is 32.0 Å². The lowest BCUT2D eigenvalue weighted by atomic mass is 10.1. The molecule has 0 saturated heterocycles. The summed E-state index contributed by atoms with van der Waals surface area (Å²) in [7, 11) is 3.27. The first-order valence-corrected chi connectivity index (χ1v) is 11.7. The molecule has 4 rings (SSSR count). The fourth-order valence-corrected chi connectivity index (χ4v) is 4.02. The van der Waals surface area contributed by atoms with Crippen molar-refractivity contribution in [3.8, 4) is 11.5 Å². The van der Waals surface area contributed by atoms with Gasteiger partial charge >= 0.3 is 0 Å². The molecule has 2 N–H and O–H groups in total. The molecule has 0 unspecified atom stereocenters. The van der Waals surface area contributed by atoms with Gasteiger partial charge in [-0.25, -0.2) is 0 Å². The largest absolute Gasteiger partial charge is 0.497 e. The Bertz CT molecular complexity index is 1160. The van der Waals surface area contributed by atoms with E-state index in [0.717, 1.165) is 35.5 Å². The van der Waals surface area contributed by atoms with Crippen LogP contribution in [0.1, 0.15) is 34.3 Å². The molecule has 7 heteroatoms. The summed E-state index contributed by atoms with van der Waals surface area (Å²) in [4.78, 5) is 28.0. The number of methoxy groups -OCH3 is 2. The highest BCUT2D eigenvalue weighted by atomic mass is 16.5. The molecule has 1 aliphatic rings. The minimum Gasteiger partial charge on any atom is -0.497 e. The van der Waals surface area contributed by atoms with Crippen LogP contribution < -0.4 is 20.1 Å². The Labute approximate surface area is 206 Å². The average Bonchev–Trinajstić information content (AvgIpc) is 3.73. The van der Waals surface area contributed by atoms with Crippen molar-refractivity contribution < 1.29 is 19.1 Å². The molecule has 0 bridgehead atoms. The number of hydrogen-bond donors (Lipinski definition) is 2. The minimum absolute atomic E-state index is 0.165. The Balaban J connectivity index is 1.42. The Kier molecular flexibility index (Phi) is 8.00. The second-order valence-corrected chi connectivity index (χ2v) is 8.58. The highest BCUT2D eigenvalue weighted by Gasteiger charge is 2.31. The van der Waals surface area contributed by atoms with Gasteiger partial charge in [0, 0.05) is 24.7 Å². The second-order valence-electron chi connectivity index (χ2n) is 8.58. The van der Waals surface area contributed by atoms with Crippen molar-refractivity contribution in [2.24, 2.45) is 0 Å². The lowest BCUT2D eigenvalue weighted by molar-refractivity contribution is -0.117. The predicted molar refractivity (Wildman–Crippen MR) is 136 cm³/mol. The summed E-state index contributed by atoms with van der Waals surface area (Å²) in [5, 5.41) is 5.87. The van der Waals surface area contributed by atoms with E-state index in [1.807, 2.05) is 54.6 Å². The molecule has 1 aliphatic carbocycles. The van der Waals surface area contributed by atoms with Gasteiger partial charge in [-0.15, -0.1) is 0 Å². The lowest BCUT2D eigenvalue weighted by Crippen LogP contribution is -2.35. The number of carbonyl (C=O) groups excluding carboxylic acids is 2. The van der Waals surface area contributed by atoms with Crippen LogP contribution in [0.15, 0.2) is 72.8 Å². The maximum absolute atomic E-state index is 13.0. The Morgan fingerprint density at radius 3 is 2.40 bits per heavy atom. The zero-order valence-corrected chi connectivity index (χ0v) is 20.1. The Morgan fingerprint density at radius 1 is 0.943 bits per heavy atom. The molecule has 0 aromatic heterocycles. The van der Waals surface area contributed by atoms with Gasteiger partial charge in [0.2, 0.25) is 5.91 Å². The number of hydrogen-bond acceptors (Lipinski definition) is 5. The van der Waals surface area contributed by atoms with Crippen LogP contribution in [0.2, 0.25) is 0 Å². The molecule has 182 valence electrons. The third-order valence-corrected chi connectivity index (χ3v) is 6.01. The van der Waals surface area contributed by atoms with E-state index in [4.69, 9.17) is 9.47 Å². The van der Waals surface area contributed by atoms with E-state index in [1.165, 1.54) is 0 Å². The van der Waals surface area contributed by atoms with Gasteiger partial charge in [-0.1, -0.05) is 42.5 Å². The highest BCUT2D eigenvalue weighted by Crippen LogP contribution is 2.32. The van der Waals surface area contributed by atoms with Crippen molar-refractivity contribution >= 4 is 17.5 Å². The zero-order valence-electron chi connectivity index (χ0n) is 20.1. The standard InChI is InChI=1S/C28H31N3O4/c1-34-23-14-15-26(35-2)21(16-23)18-31(22-12-13-22)19-27(32)30-25-11-7-6-10-24(25)28(33)29-17-20-8-4-3-5-9-20/h3-11,14-16,22H,12-13,17-19H2,1-2H3,(H,29,33)(H,30,32). The second kappa shape index (κ2) is 11.5. The summed E-state index contributed by atoms with van der Waals surface area (Å²) in [6.45, 7) is 1.20.